The average molecular weight is 217 g/mol. The third-order valence-electron chi connectivity index (χ3n) is 0. The van der Waals surface area contributed by atoms with Crippen molar-refractivity contribution in [3.05, 3.63) is 0 Å². The summed E-state index contributed by atoms with van der Waals surface area (Å²) < 4.78 is 25.3. The van der Waals surface area contributed by atoms with E-state index in [9.17, 15) is 0 Å². The van der Waals surface area contributed by atoms with Gasteiger partial charge in [0, 0.05) is 0 Å². The van der Waals surface area contributed by atoms with E-state index in [4.69, 9.17) is 13.3 Å². The first-order chi connectivity index (χ1) is 2.00. The van der Waals surface area contributed by atoms with Gasteiger partial charge in [-0.3, -0.25) is 0 Å². The van der Waals surface area contributed by atoms with Crippen molar-refractivity contribution in [1.29, 1.82) is 0 Å². The van der Waals surface area contributed by atoms with Gasteiger partial charge in [-0.05, 0) is 11.2 Å². The summed E-state index contributed by atoms with van der Waals surface area (Å²) in [6.07, 6.45) is 0. The summed E-state index contributed by atoms with van der Waals surface area (Å²) >= 11 is 3.35. The maximum atomic E-state index is 9.00. The summed E-state index contributed by atoms with van der Waals surface area (Å²) in [4.78, 5) is 0. The van der Waals surface area contributed by atoms with Gasteiger partial charge < -0.3 is 9.11 Å². The summed E-state index contributed by atoms with van der Waals surface area (Å²) in [6.45, 7) is 0. The van der Waals surface area contributed by atoms with Crippen molar-refractivity contribution in [2.24, 2.45) is 0 Å². The summed E-state index contributed by atoms with van der Waals surface area (Å²) in [5.74, 6) is 0. The van der Waals surface area contributed by atoms with Crippen LogP contribution in [0.5, 0.6) is 0 Å². The van der Waals surface area contributed by atoms with Crippen molar-refractivity contribution in [3.8, 4) is 0 Å². The molecule has 0 spiro atoms. The Bertz CT molecular complexity index is 96.1. The van der Waals surface area contributed by atoms with E-state index in [1.807, 2.05) is 0 Å². The molecule has 1 N–H and O–H groups in total. The van der Waals surface area contributed by atoms with Crippen LogP contribution in [0.15, 0.2) is 0 Å². The molecule has 1 atom stereocenters. The minimum absolute atomic E-state index is 0. The third-order valence-corrected chi connectivity index (χ3v) is 0. The van der Waals surface area contributed by atoms with Gasteiger partial charge >= 0.3 is 46.6 Å². The molecule has 0 heterocycles. The van der Waals surface area contributed by atoms with E-state index in [0.29, 0.717) is 0 Å². The molecule has 7 heteroatoms. The van der Waals surface area contributed by atoms with Gasteiger partial charge in [0.2, 0.25) is 0 Å². The Morgan fingerprint density at radius 2 is 1.71 bits per heavy atom. The first kappa shape index (κ1) is 15.9. The van der Waals surface area contributed by atoms with Gasteiger partial charge in [0.05, 0.1) is 9.05 Å². The van der Waals surface area contributed by atoms with Crippen LogP contribution in [0.3, 0.4) is 0 Å². The van der Waals surface area contributed by atoms with E-state index in [1.54, 1.807) is 0 Å². The van der Waals surface area contributed by atoms with Crippen molar-refractivity contribution in [2.45, 2.75) is 0 Å². The molecule has 0 aliphatic carbocycles. The van der Waals surface area contributed by atoms with Gasteiger partial charge in [0.1, 0.15) is 0 Å². The standard InChI is InChI=1S/Na.H2O3S2.H2Se/c;1-5(2,3)4;/h;(H2,1,2,3,4);1H2/q+1;;/p-1. The van der Waals surface area contributed by atoms with E-state index < -0.39 is 9.05 Å². The quantitative estimate of drug-likeness (QED) is 0.415. The monoisotopic (exact) mass is 218 g/mol. The van der Waals surface area contributed by atoms with Gasteiger partial charge in [0.25, 0.3) is 0 Å². The van der Waals surface area contributed by atoms with Crippen LogP contribution in [0, 0.1) is 0 Å². The topological polar surface area (TPSA) is 60.4 Å². The fourth-order valence-electron chi connectivity index (χ4n) is 0. The second-order valence-electron chi connectivity index (χ2n) is 0.428. The van der Waals surface area contributed by atoms with Gasteiger partial charge in [-0.15, -0.1) is 0 Å². The normalized spacial score (nSPS) is 15.1. The van der Waals surface area contributed by atoms with Crippen LogP contribution < -0.4 is 29.6 Å². The molecule has 0 rings (SSSR count). The Hall–Kier alpha value is 1.81. The Morgan fingerprint density at radius 1 is 1.71 bits per heavy atom. The predicted molar refractivity (Wildman–Crippen MR) is 27.5 cm³/mol. The van der Waals surface area contributed by atoms with Crippen LogP contribution in [0.4, 0.5) is 0 Å². The Kier molecular flexibility index (Phi) is 13.5. The van der Waals surface area contributed by atoms with E-state index in [1.165, 1.54) is 0 Å². The van der Waals surface area contributed by atoms with Crippen LogP contribution in [0.25, 0.3) is 0 Å². The van der Waals surface area contributed by atoms with Crippen LogP contribution >= 0.6 is 0 Å². The Morgan fingerprint density at radius 3 is 1.71 bits per heavy atom. The Labute approximate surface area is 79.3 Å². The van der Waals surface area contributed by atoms with Crippen LogP contribution in [0.2, 0.25) is 0 Å². The predicted octanol–water partition coefficient (Wildman–Crippen LogP) is -4.58. The molecule has 40 valence electrons. The second kappa shape index (κ2) is 5.94. The van der Waals surface area contributed by atoms with Crippen molar-refractivity contribution in [2.75, 3.05) is 0 Å². The molecule has 0 aliphatic rings. The number of rotatable bonds is 0. The molecule has 3 nitrogen and oxygen atoms in total. The molecule has 0 amide bonds. The van der Waals surface area contributed by atoms with E-state index in [-0.39, 0.29) is 46.6 Å². The molecule has 0 saturated heterocycles. The zero-order chi connectivity index (χ0) is 4.50. The molecule has 0 saturated carbocycles. The van der Waals surface area contributed by atoms with E-state index in [2.05, 4.69) is 11.2 Å². The average Bonchev–Trinajstić information content (AvgIpc) is 0.722. The first-order valence-corrected chi connectivity index (χ1v) is 3.05. The molecule has 0 aromatic rings. The molecule has 0 aromatic carbocycles. The van der Waals surface area contributed by atoms with E-state index in [0.717, 1.165) is 0 Å². The van der Waals surface area contributed by atoms with Gasteiger partial charge in [-0.1, -0.05) is 0 Å². The van der Waals surface area contributed by atoms with Crippen LogP contribution in [0.1, 0.15) is 0 Å². The molecule has 0 fully saturated rings. The third kappa shape index (κ3) is 80.5. The summed E-state index contributed by atoms with van der Waals surface area (Å²) in [7, 11) is -4.08. The summed E-state index contributed by atoms with van der Waals surface area (Å²) in [5.41, 5.74) is 0. The molecule has 0 aliphatic heterocycles. The van der Waals surface area contributed by atoms with Gasteiger partial charge in [-0.25, -0.2) is 4.21 Å². The zero-order valence-corrected chi connectivity index (χ0v) is 9.31. The molecule has 0 aromatic heterocycles. The molecule has 0 bridgehead atoms. The fourth-order valence-corrected chi connectivity index (χ4v) is 0. The van der Waals surface area contributed by atoms with Crippen LogP contribution in [-0.4, -0.2) is 30.4 Å². The molecular weight excluding hydrogens is 214 g/mol. The number of hydrogen-bond acceptors (Lipinski definition) is 3. The summed E-state index contributed by atoms with van der Waals surface area (Å²) in [6, 6.07) is 0. The van der Waals surface area contributed by atoms with Gasteiger partial charge in [-0.2, -0.15) is 0 Å². The number of hydrogen-bond donors (Lipinski definition) is 1. The van der Waals surface area contributed by atoms with Crippen LogP contribution in [-0.2, 0) is 20.2 Å². The minimum atomic E-state index is -4.08. The van der Waals surface area contributed by atoms with Crippen molar-refractivity contribution < 1.29 is 42.9 Å². The SMILES string of the molecule is O=S([O-])(O)=S.[Na+].[SeH2]. The fraction of sp³-hybridized carbons (Fsp3) is 0. The Balaban J connectivity index is -0.0000000800. The second-order valence-corrected chi connectivity index (χ2v) is 2.55. The maximum absolute atomic E-state index is 9.00. The first-order valence-electron chi connectivity index (χ1n) is 0.683. The molecular formula is H3NaO3S2Se. The van der Waals surface area contributed by atoms with Gasteiger partial charge in [0.15, 0.2) is 0 Å². The van der Waals surface area contributed by atoms with Crippen molar-refractivity contribution in [3.63, 3.8) is 0 Å². The molecule has 7 heavy (non-hydrogen) atoms. The zero-order valence-electron chi connectivity index (χ0n) is 3.58. The van der Waals surface area contributed by atoms with Crippen molar-refractivity contribution in [1.82, 2.24) is 0 Å². The molecule has 1 unspecified atom stereocenters. The van der Waals surface area contributed by atoms with E-state index >= 15 is 0 Å². The summed E-state index contributed by atoms with van der Waals surface area (Å²) in [5, 5.41) is 0. The molecule has 0 radical (unpaired) electrons. The van der Waals surface area contributed by atoms with Crippen molar-refractivity contribution >= 4 is 37.3 Å².